The smallest absolute Gasteiger partial charge is 0.312 e. The molecule has 24 heavy (non-hydrogen) atoms. The fourth-order valence-electron chi connectivity index (χ4n) is 1.94. The number of hydrogen-bond donors (Lipinski definition) is 1. The molecule has 0 spiro atoms. The lowest BCUT2D eigenvalue weighted by Crippen LogP contribution is -2.50. The Kier molecular flexibility index (Phi) is 5.10. The van der Waals surface area contributed by atoms with E-state index >= 15 is 0 Å². The number of H-pyrrole nitrogens is 1. The zero-order chi connectivity index (χ0) is 17.7. The number of nitrogens with one attached hydrogen (secondary N) is 1. The minimum atomic E-state index is -2.49. The molecule has 0 radical (unpaired) electrons. The van der Waals surface area contributed by atoms with Crippen LogP contribution in [0.2, 0.25) is 0 Å². The van der Waals surface area contributed by atoms with Gasteiger partial charge in [-0.2, -0.15) is 0 Å². The standard InChI is InChI=1S/C16H13NO7/c18-12(24-14(15(20)21)16(22)23)8-10-6-7-11(17-10)13(19)9-4-2-1-3-5-9/h1-7,14,17H,8H2,(H,20,21)(H,22,23)/p-2. The van der Waals surface area contributed by atoms with E-state index in [0.29, 0.717) is 5.56 Å². The second-order valence-electron chi connectivity index (χ2n) is 4.78. The molecule has 0 aliphatic carbocycles. The van der Waals surface area contributed by atoms with Crippen LogP contribution < -0.4 is 10.2 Å². The number of aliphatic carboxylic acids is 2. The van der Waals surface area contributed by atoms with Crippen LogP contribution in [0.5, 0.6) is 0 Å². The number of aromatic amines is 1. The summed E-state index contributed by atoms with van der Waals surface area (Å²) in [5, 5.41) is 21.0. The Morgan fingerprint density at radius 1 is 0.958 bits per heavy atom. The van der Waals surface area contributed by atoms with Crippen molar-refractivity contribution in [2.45, 2.75) is 12.5 Å². The molecule has 8 nitrogen and oxygen atoms in total. The van der Waals surface area contributed by atoms with Gasteiger partial charge in [0.15, 0.2) is 6.10 Å². The highest BCUT2D eigenvalue weighted by atomic mass is 16.6. The van der Waals surface area contributed by atoms with Crippen LogP contribution in [0, 0.1) is 0 Å². The molecule has 0 saturated carbocycles. The zero-order valence-corrected chi connectivity index (χ0v) is 12.2. The van der Waals surface area contributed by atoms with Gasteiger partial charge in [0.25, 0.3) is 0 Å². The Morgan fingerprint density at radius 3 is 2.17 bits per heavy atom. The number of esters is 1. The predicted octanol–water partition coefficient (Wildman–Crippen LogP) is -1.80. The van der Waals surface area contributed by atoms with Gasteiger partial charge in [0.05, 0.1) is 24.1 Å². The molecule has 1 aromatic carbocycles. The van der Waals surface area contributed by atoms with Gasteiger partial charge in [0.1, 0.15) is 0 Å². The minimum absolute atomic E-state index is 0.223. The quantitative estimate of drug-likeness (QED) is 0.359. The number of carbonyl (C=O) groups is 4. The molecule has 0 unspecified atom stereocenters. The van der Waals surface area contributed by atoms with Crippen molar-refractivity contribution in [3.8, 4) is 0 Å². The van der Waals surface area contributed by atoms with Crippen LogP contribution in [-0.2, 0) is 25.5 Å². The van der Waals surface area contributed by atoms with E-state index in [9.17, 15) is 29.4 Å². The van der Waals surface area contributed by atoms with Crippen molar-refractivity contribution in [2.24, 2.45) is 0 Å². The molecule has 0 bridgehead atoms. The second kappa shape index (κ2) is 7.23. The monoisotopic (exact) mass is 329 g/mol. The van der Waals surface area contributed by atoms with E-state index in [2.05, 4.69) is 9.72 Å². The largest absolute Gasteiger partial charge is 0.546 e. The molecular formula is C16H11NO7-2. The predicted molar refractivity (Wildman–Crippen MR) is 74.3 cm³/mol. The molecule has 0 fully saturated rings. The van der Waals surface area contributed by atoms with Crippen molar-refractivity contribution in [1.29, 1.82) is 0 Å². The molecule has 0 aliphatic heterocycles. The van der Waals surface area contributed by atoms with E-state index in [0.717, 1.165) is 0 Å². The van der Waals surface area contributed by atoms with Crippen LogP contribution in [0.25, 0.3) is 0 Å². The minimum Gasteiger partial charge on any atom is -0.546 e. The number of benzene rings is 1. The van der Waals surface area contributed by atoms with Gasteiger partial charge in [-0.25, -0.2) is 0 Å². The summed E-state index contributed by atoms with van der Waals surface area (Å²) >= 11 is 0. The Hall–Kier alpha value is -3.42. The summed E-state index contributed by atoms with van der Waals surface area (Å²) in [4.78, 5) is 47.5. The average Bonchev–Trinajstić information content (AvgIpc) is 3.00. The van der Waals surface area contributed by atoms with Crippen molar-refractivity contribution in [1.82, 2.24) is 4.98 Å². The molecular weight excluding hydrogens is 318 g/mol. The third-order valence-electron chi connectivity index (χ3n) is 3.04. The van der Waals surface area contributed by atoms with Gasteiger partial charge in [-0.05, 0) is 12.1 Å². The molecule has 1 aromatic heterocycles. The first-order valence-electron chi connectivity index (χ1n) is 6.77. The molecule has 124 valence electrons. The Labute approximate surface area is 135 Å². The average molecular weight is 329 g/mol. The molecule has 0 saturated heterocycles. The normalized spacial score (nSPS) is 10.4. The number of carbonyl (C=O) groups excluding carboxylic acids is 4. The van der Waals surface area contributed by atoms with Crippen LogP contribution in [0.3, 0.4) is 0 Å². The number of hydrogen-bond acceptors (Lipinski definition) is 7. The molecule has 0 aliphatic rings. The maximum absolute atomic E-state index is 12.2. The van der Waals surface area contributed by atoms with E-state index in [1.54, 1.807) is 30.3 Å². The van der Waals surface area contributed by atoms with Gasteiger partial charge in [0, 0.05) is 11.3 Å². The van der Waals surface area contributed by atoms with Crippen molar-refractivity contribution in [2.75, 3.05) is 0 Å². The molecule has 1 heterocycles. The van der Waals surface area contributed by atoms with E-state index in [1.165, 1.54) is 12.1 Å². The fraction of sp³-hybridized carbons (Fsp3) is 0.125. The van der Waals surface area contributed by atoms with Crippen LogP contribution in [-0.4, -0.2) is 34.8 Å². The zero-order valence-electron chi connectivity index (χ0n) is 12.2. The van der Waals surface area contributed by atoms with Crippen molar-refractivity contribution < 1.29 is 34.1 Å². The number of rotatable bonds is 7. The van der Waals surface area contributed by atoms with E-state index in [1.807, 2.05) is 0 Å². The summed E-state index contributed by atoms with van der Waals surface area (Å²) in [6.45, 7) is 0. The molecule has 2 rings (SSSR count). The molecule has 8 heteroatoms. The lowest BCUT2D eigenvalue weighted by molar-refractivity contribution is -0.337. The van der Waals surface area contributed by atoms with Gasteiger partial charge in [0.2, 0.25) is 5.78 Å². The number of aromatic nitrogens is 1. The summed E-state index contributed by atoms with van der Waals surface area (Å²) in [5.41, 5.74) is 0.928. The summed E-state index contributed by atoms with van der Waals surface area (Å²) in [6, 6.07) is 11.3. The maximum atomic E-state index is 12.2. The van der Waals surface area contributed by atoms with Gasteiger partial charge < -0.3 is 29.5 Å². The molecule has 2 aromatic rings. The Balaban J connectivity index is 2.03. The van der Waals surface area contributed by atoms with E-state index < -0.39 is 30.4 Å². The SMILES string of the molecule is O=C(Cc1ccc(C(=O)c2ccccc2)[nH]1)OC(C(=O)[O-])C(=O)[O-]. The highest BCUT2D eigenvalue weighted by Crippen LogP contribution is 2.10. The first-order chi connectivity index (χ1) is 11.4. The van der Waals surface area contributed by atoms with Gasteiger partial charge >= 0.3 is 5.97 Å². The number of carboxylic acids is 2. The first-order valence-corrected chi connectivity index (χ1v) is 6.77. The maximum Gasteiger partial charge on any atom is 0.312 e. The van der Waals surface area contributed by atoms with Crippen LogP contribution in [0.1, 0.15) is 21.7 Å². The number of carboxylic acid groups (broad SMARTS) is 2. The third-order valence-corrected chi connectivity index (χ3v) is 3.04. The van der Waals surface area contributed by atoms with Crippen LogP contribution >= 0.6 is 0 Å². The lowest BCUT2D eigenvalue weighted by atomic mass is 10.1. The third kappa shape index (κ3) is 4.07. The summed E-state index contributed by atoms with van der Waals surface area (Å²) in [5.74, 6) is -5.59. The van der Waals surface area contributed by atoms with Crippen LogP contribution in [0.15, 0.2) is 42.5 Å². The molecule has 1 N–H and O–H groups in total. The molecule has 0 amide bonds. The highest BCUT2D eigenvalue weighted by Gasteiger charge is 2.18. The van der Waals surface area contributed by atoms with Crippen LogP contribution in [0.4, 0.5) is 0 Å². The Morgan fingerprint density at radius 2 is 1.58 bits per heavy atom. The second-order valence-corrected chi connectivity index (χ2v) is 4.78. The number of ketones is 1. The lowest BCUT2D eigenvalue weighted by Gasteiger charge is -2.19. The van der Waals surface area contributed by atoms with Crippen molar-refractivity contribution in [3.63, 3.8) is 0 Å². The summed E-state index contributed by atoms with van der Waals surface area (Å²) in [7, 11) is 0. The van der Waals surface area contributed by atoms with E-state index in [-0.39, 0.29) is 17.2 Å². The highest BCUT2D eigenvalue weighted by molar-refractivity contribution is 6.07. The Bertz CT molecular complexity index is 765. The van der Waals surface area contributed by atoms with Crippen molar-refractivity contribution in [3.05, 3.63) is 59.4 Å². The van der Waals surface area contributed by atoms with Gasteiger partial charge in [-0.15, -0.1) is 0 Å². The topological polar surface area (TPSA) is 139 Å². The fourth-order valence-corrected chi connectivity index (χ4v) is 1.94. The first kappa shape index (κ1) is 16.9. The van der Waals surface area contributed by atoms with Gasteiger partial charge in [-0.1, -0.05) is 30.3 Å². The van der Waals surface area contributed by atoms with E-state index in [4.69, 9.17) is 0 Å². The number of ether oxygens (including phenoxy) is 1. The van der Waals surface area contributed by atoms with Gasteiger partial charge in [-0.3, -0.25) is 9.59 Å². The van der Waals surface area contributed by atoms with Crippen molar-refractivity contribution >= 4 is 23.7 Å². The summed E-state index contributed by atoms with van der Waals surface area (Å²) in [6.07, 6.45) is -2.93. The summed E-state index contributed by atoms with van der Waals surface area (Å²) < 4.78 is 4.26. The molecule has 0 atom stereocenters.